The van der Waals surface area contributed by atoms with Crippen LogP contribution in [-0.2, 0) is 0 Å². The van der Waals surface area contributed by atoms with Crippen LogP contribution in [0.5, 0.6) is 5.75 Å². The second kappa shape index (κ2) is 6.73. The standard InChI is InChI=1S/C16H11ClN4OS/c1-22-11-4-2-3-10(7-11)14-9-23-15(20-14)12(8-18)13-5-6-19-16(17)21-13/h2-7,9,20H,1H3/b15-12-. The van der Waals surface area contributed by atoms with Gasteiger partial charge in [-0.2, -0.15) is 5.26 Å². The summed E-state index contributed by atoms with van der Waals surface area (Å²) in [5.41, 5.74) is 2.79. The highest BCUT2D eigenvalue weighted by Gasteiger charge is 2.18. The van der Waals surface area contributed by atoms with Crippen molar-refractivity contribution in [2.24, 2.45) is 0 Å². The van der Waals surface area contributed by atoms with Crippen LogP contribution in [0.1, 0.15) is 11.3 Å². The quantitative estimate of drug-likeness (QED) is 0.678. The van der Waals surface area contributed by atoms with Crippen LogP contribution < -0.4 is 10.1 Å². The van der Waals surface area contributed by atoms with Crippen molar-refractivity contribution < 1.29 is 4.74 Å². The summed E-state index contributed by atoms with van der Waals surface area (Å²) in [5.74, 6) is 0.774. The first-order valence-corrected chi connectivity index (χ1v) is 7.88. The Morgan fingerprint density at radius 2 is 2.26 bits per heavy atom. The summed E-state index contributed by atoms with van der Waals surface area (Å²) in [6.07, 6.45) is 1.53. The third-order valence-electron chi connectivity index (χ3n) is 3.14. The molecule has 1 aromatic carbocycles. The SMILES string of the molecule is COc1cccc(C2=CS/C(=C(/C#N)c3ccnc(Cl)n3)N2)c1. The van der Waals surface area contributed by atoms with Gasteiger partial charge in [-0.1, -0.05) is 23.9 Å². The Hall–Kier alpha value is -2.49. The van der Waals surface area contributed by atoms with Gasteiger partial charge in [0.1, 0.15) is 17.4 Å². The second-order valence-electron chi connectivity index (χ2n) is 4.53. The van der Waals surface area contributed by atoms with Crippen molar-refractivity contribution in [2.75, 3.05) is 7.11 Å². The molecule has 114 valence electrons. The van der Waals surface area contributed by atoms with Crippen LogP contribution in [0.25, 0.3) is 11.3 Å². The van der Waals surface area contributed by atoms with Gasteiger partial charge in [0, 0.05) is 17.2 Å². The Labute approximate surface area is 142 Å². The Morgan fingerprint density at radius 3 is 3.00 bits per heavy atom. The molecule has 0 aliphatic carbocycles. The molecular weight excluding hydrogens is 332 g/mol. The topological polar surface area (TPSA) is 70.8 Å². The number of benzene rings is 1. The lowest BCUT2D eigenvalue weighted by molar-refractivity contribution is 0.414. The molecule has 1 N–H and O–H groups in total. The molecule has 0 radical (unpaired) electrons. The molecule has 0 amide bonds. The maximum Gasteiger partial charge on any atom is 0.222 e. The zero-order valence-corrected chi connectivity index (χ0v) is 13.6. The van der Waals surface area contributed by atoms with Gasteiger partial charge in [0.25, 0.3) is 0 Å². The number of ether oxygens (including phenoxy) is 1. The molecule has 1 aliphatic heterocycles. The van der Waals surface area contributed by atoms with E-state index >= 15 is 0 Å². The molecule has 1 aliphatic rings. The first-order chi connectivity index (χ1) is 11.2. The van der Waals surface area contributed by atoms with Crippen LogP contribution in [-0.4, -0.2) is 17.1 Å². The van der Waals surface area contributed by atoms with Gasteiger partial charge in [-0.25, -0.2) is 9.97 Å². The van der Waals surface area contributed by atoms with Crippen molar-refractivity contribution in [3.8, 4) is 11.8 Å². The summed E-state index contributed by atoms with van der Waals surface area (Å²) in [7, 11) is 1.63. The normalized spacial score (nSPS) is 15.4. The van der Waals surface area contributed by atoms with E-state index in [0.29, 0.717) is 16.3 Å². The number of hydrogen-bond donors (Lipinski definition) is 1. The Bertz CT molecular complexity index is 857. The summed E-state index contributed by atoms with van der Waals surface area (Å²) in [6.45, 7) is 0. The summed E-state index contributed by atoms with van der Waals surface area (Å²) in [5, 5.41) is 15.5. The highest BCUT2D eigenvalue weighted by Crippen LogP contribution is 2.35. The summed E-state index contributed by atoms with van der Waals surface area (Å²) in [4.78, 5) is 7.92. The van der Waals surface area contributed by atoms with Crippen molar-refractivity contribution in [3.63, 3.8) is 0 Å². The van der Waals surface area contributed by atoms with Crippen LogP contribution in [0.4, 0.5) is 0 Å². The average molecular weight is 343 g/mol. The van der Waals surface area contributed by atoms with Gasteiger partial charge in [-0.15, -0.1) is 0 Å². The van der Waals surface area contributed by atoms with Gasteiger partial charge in [0.05, 0.1) is 23.5 Å². The predicted molar refractivity (Wildman–Crippen MR) is 91.3 cm³/mol. The molecule has 3 rings (SSSR count). The van der Waals surface area contributed by atoms with Gasteiger partial charge in [0.2, 0.25) is 5.28 Å². The molecule has 1 aromatic heterocycles. The maximum atomic E-state index is 9.46. The summed E-state index contributed by atoms with van der Waals surface area (Å²) < 4.78 is 5.23. The zero-order valence-electron chi connectivity index (χ0n) is 12.1. The molecule has 7 heteroatoms. The molecule has 0 atom stereocenters. The third kappa shape index (κ3) is 3.31. The molecule has 0 bridgehead atoms. The minimum atomic E-state index is 0.111. The molecule has 0 unspecified atom stereocenters. The number of nitrogens with one attached hydrogen (secondary N) is 1. The van der Waals surface area contributed by atoms with E-state index < -0.39 is 0 Å². The number of hydrogen-bond acceptors (Lipinski definition) is 6. The van der Waals surface area contributed by atoms with Crippen LogP contribution in [0.3, 0.4) is 0 Å². The number of halogens is 1. The van der Waals surface area contributed by atoms with Crippen LogP contribution in [0.15, 0.2) is 47.0 Å². The molecule has 0 saturated heterocycles. The molecular formula is C16H11ClN4OS. The Morgan fingerprint density at radius 1 is 1.39 bits per heavy atom. The number of thioether (sulfide) groups is 1. The summed E-state index contributed by atoms with van der Waals surface area (Å²) in [6, 6.07) is 11.5. The first kappa shape index (κ1) is 15.4. The van der Waals surface area contributed by atoms with E-state index in [-0.39, 0.29) is 5.28 Å². The lowest BCUT2D eigenvalue weighted by Crippen LogP contribution is -2.07. The van der Waals surface area contributed by atoms with Crippen molar-refractivity contribution >= 4 is 34.6 Å². The minimum absolute atomic E-state index is 0.111. The lowest BCUT2D eigenvalue weighted by Gasteiger charge is -2.08. The molecule has 23 heavy (non-hydrogen) atoms. The number of aromatic nitrogens is 2. The van der Waals surface area contributed by atoms with E-state index in [2.05, 4.69) is 21.4 Å². The van der Waals surface area contributed by atoms with Gasteiger partial charge in [0.15, 0.2) is 0 Å². The van der Waals surface area contributed by atoms with E-state index in [9.17, 15) is 5.26 Å². The highest BCUT2D eigenvalue weighted by molar-refractivity contribution is 8.06. The van der Waals surface area contributed by atoms with Gasteiger partial charge in [-0.05, 0) is 29.8 Å². The van der Waals surface area contributed by atoms with Crippen LogP contribution >= 0.6 is 23.4 Å². The number of methoxy groups -OCH3 is 1. The number of nitrogens with zero attached hydrogens (tertiary/aromatic N) is 3. The highest BCUT2D eigenvalue weighted by atomic mass is 35.5. The third-order valence-corrected chi connectivity index (χ3v) is 4.22. The molecule has 5 nitrogen and oxygen atoms in total. The van der Waals surface area contributed by atoms with E-state index in [0.717, 1.165) is 17.0 Å². The van der Waals surface area contributed by atoms with Crippen LogP contribution in [0, 0.1) is 11.3 Å². The first-order valence-electron chi connectivity index (χ1n) is 6.63. The van der Waals surface area contributed by atoms with Gasteiger partial charge < -0.3 is 10.1 Å². The van der Waals surface area contributed by atoms with Crippen molar-refractivity contribution in [2.45, 2.75) is 0 Å². The molecule has 0 spiro atoms. The van der Waals surface area contributed by atoms with Crippen molar-refractivity contribution in [1.29, 1.82) is 5.26 Å². The summed E-state index contributed by atoms with van der Waals surface area (Å²) >= 11 is 7.23. The molecule has 2 aromatic rings. The van der Waals surface area contributed by atoms with Crippen molar-refractivity contribution in [3.05, 3.63) is 63.5 Å². The van der Waals surface area contributed by atoms with Gasteiger partial charge >= 0.3 is 0 Å². The second-order valence-corrected chi connectivity index (χ2v) is 5.75. The fourth-order valence-corrected chi connectivity index (χ4v) is 3.06. The fraction of sp³-hybridized carbons (Fsp3) is 0.0625. The van der Waals surface area contributed by atoms with E-state index in [1.54, 1.807) is 13.2 Å². The maximum absolute atomic E-state index is 9.46. The van der Waals surface area contributed by atoms with E-state index in [1.165, 1.54) is 18.0 Å². The number of allylic oxidation sites excluding steroid dienone is 1. The monoisotopic (exact) mass is 342 g/mol. The fourth-order valence-electron chi connectivity index (χ4n) is 2.05. The van der Waals surface area contributed by atoms with Crippen LogP contribution in [0.2, 0.25) is 5.28 Å². The number of rotatable bonds is 3. The predicted octanol–water partition coefficient (Wildman–Crippen LogP) is 3.67. The Balaban J connectivity index is 1.91. The van der Waals surface area contributed by atoms with E-state index in [4.69, 9.17) is 16.3 Å². The minimum Gasteiger partial charge on any atom is -0.497 e. The zero-order chi connectivity index (χ0) is 16.2. The average Bonchev–Trinajstić information content (AvgIpc) is 3.05. The molecule has 0 fully saturated rings. The molecule has 2 heterocycles. The lowest BCUT2D eigenvalue weighted by atomic mass is 10.1. The molecule has 0 saturated carbocycles. The van der Waals surface area contributed by atoms with E-state index in [1.807, 2.05) is 29.7 Å². The smallest absolute Gasteiger partial charge is 0.222 e. The number of nitriles is 1. The van der Waals surface area contributed by atoms with Crippen molar-refractivity contribution in [1.82, 2.24) is 15.3 Å². The largest absolute Gasteiger partial charge is 0.497 e. The Kier molecular flexibility index (Phi) is 4.51. The van der Waals surface area contributed by atoms with Gasteiger partial charge in [-0.3, -0.25) is 0 Å².